The van der Waals surface area contributed by atoms with E-state index >= 15 is 0 Å². The van der Waals surface area contributed by atoms with Crippen molar-refractivity contribution in [1.82, 2.24) is 5.32 Å². The fourth-order valence-electron chi connectivity index (χ4n) is 1.35. The SMILES string of the molecule is O=C(NCCOCC(F)F)c1cc(F)c([N+](=O)[O-])cc1F. The van der Waals surface area contributed by atoms with Crippen molar-refractivity contribution in [3.8, 4) is 0 Å². The Bertz CT molecular complexity index is 539. The van der Waals surface area contributed by atoms with Crippen LogP contribution in [-0.2, 0) is 4.74 Å². The molecule has 6 nitrogen and oxygen atoms in total. The zero-order valence-electron chi connectivity index (χ0n) is 10.4. The minimum Gasteiger partial charge on any atom is -0.374 e. The number of carbonyl (C=O) groups is 1. The minimum atomic E-state index is -2.65. The van der Waals surface area contributed by atoms with Crippen molar-refractivity contribution >= 4 is 11.6 Å². The zero-order valence-corrected chi connectivity index (χ0v) is 10.4. The van der Waals surface area contributed by atoms with Gasteiger partial charge in [0.1, 0.15) is 12.4 Å². The van der Waals surface area contributed by atoms with E-state index in [0.717, 1.165) is 0 Å². The largest absolute Gasteiger partial charge is 0.374 e. The van der Waals surface area contributed by atoms with E-state index in [-0.39, 0.29) is 19.2 Å². The number of carbonyl (C=O) groups excluding carboxylic acids is 1. The summed E-state index contributed by atoms with van der Waals surface area (Å²) < 4.78 is 54.7. The van der Waals surface area contributed by atoms with E-state index in [9.17, 15) is 32.5 Å². The molecule has 0 radical (unpaired) electrons. The number of nitro benzene ring substituents is 1. The predicted octanol–water partition coefficient (Wildman–Crippen LogP) is 1.88. The first-order valence-corrected chi connectivity index (χ1v) is 5.60. The van der Waals surface area contributed by atoms with Crippen LogP contribution < -0.4 is 5.32 Å². The fraction of sp³-hybridized carbons (Fsp3) is 0.364. The molecule has 0 atom stereocenters. The Morgan fingerprint density at radius 3 is 2.57 bits per heavy atom. The summed E-state index contributed by atoms with van der Waals surface area (Å²) in [6.07, 6.45) is -2.65. The summed E-state index contributed by atoms with van der Waals surface area (Å²) in [7, 11) is 0. The normalized spacial score (nSPS) is 10.7. The topological polar surface area (TPSA) is 81.5 Å². The molecule has 0 aliphatic heterocycles. The maximum atomic E-state index is 13.5. The molecule has 0 bridgehead atoms. The molecule has 1 amide bonds. The standard InChI is InChI=1S/C11H10F4N2O4/c12-7-4-9(17(19)20)8(13)3-6(7)11(18)16-1-2-21-5-10(14)15/h3-4,10H,1-2,5H2,(H,16,18). The van der Waals surface area contributed by atoms with Crippen molar-refractivity contribution in [3.05, 3.63) is 39.4 Å². The van der Waals surface area contributed by atoms with E-state index in [4.69, 9.17) is 0 Å². The highest BCUT2D eigenvalue weighted by Crippen LogP contribution is 2.21. The predicted molar refractivity (Wildman–Crippen MR) is 62.2 cm³/mol. The lowest BCUT2D eigenvalue weighted by atomic mass is 10.1. The van der Waals surface area contributed by atoms with E-state index in [1.54, 1.807) is 0 Å². The first-order chi connectivity index (χ1) is 9.82. The molecule has 1 aromatic rings. The third-order valence-corrected chi connectivity index (χ3v) is 2.25. The number of ether oxygens (including phenoxy) is 1. The first kappa shape index (κ1) is 16.8. The number of hydrogen-bond donors (Lipinski definition) is 1. The van der Waals surface area contributed by atoms with Crippen LogP contribution in [0.1, 0.15) is 10.4 Å². The summed E-state index contributed by atoms with van der Waals surface area (Å²) in [6, 6.07) is 0.681. The third-order valence-electron chi connectivity index (χ3n) is 2.25. The molecule has 116 valence electrons. The number of nitro groups is 1. The number of amides is 1. The monoisotopic (exact) mass is 310 g/mol. The summed E-state index contributed by atoms with van der Waals surface area (Å²) in [5.74, 6) is -3.67. The van der Waals surface area contributed by atoms with Crippen molar-refractivity contribution in [2.75, 3.05) is 19.8 Å². The number of nitrogens with zero attached hydrogens (tertiary/aromatic N) is 1. The van der Waals surface area contributed by atoms with Crippen LogP contribution in [0.5, 0.6) is 0 Å². The molecule has 0 spiro atoms. The van der Waals surface area contributed by atoms with Gasteiger partial charge in [-0.3, -0.25) is 14.9 Å². The van der Waals surface area contributed by atoms with Crippen molar-refractivity contribution in [2.45, 2.75) is 6.43 Å². The van der Waals surface area contributed by atoms with Crippen molar-refractivity contribution in [3.63, 3.8) is 0 Å². The number of hydrogen-bond acceptors (Lipinski definition) is 4. The van der Waals surface area contributed by atoms with Gasteiger partial charge in [0.05, 0.1) is 23.2 Å². The summed E-state index contributed by atoms with van der Waals surface area (Å²) in [5, 5.41) is 12.5. The van der Waals surface area contributed by atoms with Gasteiger partial charge in [-0.25, -0.2) is 13.2 Å². The average Bonchev–Trinajstić information content (AvgIpc) is 2.39. The molecule has 0 aliphatic rings. The Kier molecular flexibility index (Phi) is 6.03. The third kappa shape index (κ3) is 4.99. The van der Waals surface area contributed by atoms with Crippen LogP contribution in [0, 0.1) is 21.7 Å². The Morgan fingerprint density at radius 1 is 1.33 bits per heavy atom. The quantitative estimate of drug-likeness (QED) is 0.361. The second-order valence-electron chi connectivity index (χ2n) is 3.76. The fourth-order valence-corrected chi connectivity index (χ4v) is 1.35. The highest BCUT2D eigenvalue weighted by molar-refractivity contribution is 5.94. The van der Waals surface area contributed by atoms with Gasteiger partial charge >= 0.3 is 5.69 Å². The van der Waals surface area contributed by atoms with Gasteiger partial charge < -0.3 is 10.1 Å². The van der Waals surface area contributed by atoms with Crippen LogP contribution in [-0.4, -0.2) is 37.0 Å². The maximum Gasteiger partial charge on any atom is 0.307 e. The minimum absolute atomic E-state index is 0.205. The molecule has 0 aliphatic carbocycles. The van der Waals surface area contributed by atoms with E-state index in [2.05, 4.69) is 10.1 Å². The summed E-state index contributed by atoms with van der Waals surface area (Å²) in [6.45, 7) is -1.26. The smallest absolute Gasteiger partial charge is 0.307 e. The van der Waals surface area contributed by atoms with Gasteiger partial charge in [0, 0.05) is 6.54 Å². The van der Waals surface area contributed by atoms with Gasteiger partial charge in [-0.1, -0.05) is 0 Å². The molecule has 0 heterocycles. The average molecular weight is 310 g/mol. The zero-order chi connectivity index (χ0) is 16.0. The van der Waals surface area contributed by atoms with E-state index in [1.165, 1.54) is 0 Å². The maximum absolute atomic E-state index is 13.5. The Morgan fingerprint density at radius 2 is 2.00 bits per heavy atom. The molecule has 0 aromatic heterocycles. The summed E-state index contributed by atoms with van der Waals surface area (Å²) >= 11 is 0. The van der Waals surface area contributed by atoms with Gasteiger partial charge in [0.15, 0.2) is 0 Å². The second-order valence-corrected chi connectivity index (χ2v) is 3.76. The summed E-state index contributed by atoms with van der Waals surface area (Å²) in [5.41, 5.74) is -1.82. The lowest BCUT2D eigenvalue weighted by Gasteiger charge is -2.07. The molecular formula is C11H10F4N2O4. The molecule has 1 rings (SSSR count). The molecule has 1 N–H and O–H groups in total. The van der Waals surface area contributed by atoms with Gasteiger partial charge in [-0.15, -0.1) is 0 Å². The lowest BCUT2D eigenvalue weighted by molar-refractivity contribution is -0.387. The first-order valence-electron chi connectivity index (χ1n) is 5.60. The molecule has 0 saturated heterocycles. The molecular weight excluding hydrogens is 300 g/mol. The lowest BCUT2D eigenvalue weighted by Crippen LogP contribution is -2.28. The Hall–Kier alpha value is -2.23. The number of rotatable bonds is 7. The van der Waals surface area contributed by atoms with Gasteiger partial charge in [-0.05, 0) is 6.07 Å². The molecule has 0 unspecified atom stereocenters. The van der Waals surface area contributed by atoms with Crippen molar-refractivity contribution in [1.29, 1.82) is 0 Å². The highest BCUT2D eigenvalue weighted by atomic mass is 19.3. The second kappa shape index (κ2) is 7.53. The molecule has 21 heavy (non-hydrogen) atoms. The Balaban J connectivity index is 2.62. The highest BCUT2D eigenvalue weighted by Gasteiger charge is 2.21. The Labute approximate surface area is 115 Å². The number of halogens is 4. The van der Waals surface area contributed by atoms with Gasteiger partial charge in [-0.2, -0.15) is 4.39 Å². The van der Waals surface area contributed by atoms with Crippen molar-refractivity contribution < 1.29 is 32.0 Å². The van der Waals surface area contributed by atoms with Gasteiger partial charge in [0.25, 0.3) is 12.3 Å². The van der Waals surface area contributed by atoms with Crippen LogP contribution in [0.2, 0.25) is 0 Å². The summed E-state index contributed by atoms with van der Waals surface area (Å²) in [4.78, 5) is 20.8. The van der Waals surface area contributed by atoms with Crippen LogP contribution >= 0.6 is 0 Å². The molecule has 0 saturated carbocycles. The molecule has 1 aromatic carbocycles. The van der Waals surface area contributed by atoms with E-state index in [0.29, 0.717) is 6.07 Å². The number of alkyl halides is 2. The van der Waals surface area contributed by atoms with Crippen LogP contribution in [0.4, 0.5) is 23.2 Å². The van der Waals surface area contributed by atoms with Crippen molar-refractivity contribution in [2.24, 2.45) is 0 Å². The van der Waals surface area contributed by atoms with Gasteiger partial charge in [0.2, 0.25) is 5.82 Å². The molecule has 10 heteroatoms. The van der Waals surface area contributed by atoms with Crippen LogP contribution in [0.25, 0.3) is 0 Å². The van der Waals surface area contributed by atoms with Crippen LogP contribution in [0.15, 0.2) is 12.1 Å². The molecule has 0 fully saturated rings. The van der Waals surface area contributed by atoms with E-state index in [1.807, 2.05) is 0 Å². The van der Waals surface area contributed by atoms with E-state index < -0.39 is 46.7 Å². The van der Waals surface area contributed by atoms with Crippen LogP contribution in [0.3, 0.4) is 0 Å². The number of benzene rings is 1. The number of nitrogens with one attached hydrogen (secondary N) is 1.